The van der Waals surface area contributed by atoms with Gasteiger partial charge in [0.05, 0.1) is 13.7 Å². The number of amides is 1. The molecule has 162 valence electrons. The molecule has 0 heterocycles. The smallest absolute Gasteiger partial charge is 0.252 e. The molecule has 1 atom stereocenters. The summed E-state index contributed by atoms with van der Waals surface area (Å²) in [6.45, 7) is 0.674. The van der Waals surface area contributed by atoms with E-state index in [2.05, 4.69) is 17.2 Å². The number of benzene rings is 2. The summed E-state index contributed by atoms with van der Waals surface area (Å²) in [6, 6.07) is 14.2. The largest absolute Gasteiger partial charge is 0.493 e. The minimum Gasteiger partial charge on any atom is -0.493 e. The number of hydrogen-bond donors (Lipinski definition) is 1. The van der Waals surface area contributed by atoms with Gasteiger partial charge in [0, 0.05) is 6.07 Å². The number of carbonyl (C=O) groups excluding carboxylic acids is 1. The van der Waals surface area contributed by atoms with E-state index in [9.17, 15) is 4.79 Å². The second-order valence-electron chi connectivity index (χ2n) is 6.07. The van der Waals surface area contributed by atoms with Crippen LogP contribution in [0.4, 0.5) is 0 Å². The normalized spacial score (nSPS) is 10.8. The van der Waals surface area contributed by atoms with Crippen LogP contribution >= 0.6 is 0 Å². The molecule has 1 unspecified atom stereocenters. The van der Waals surface area contributed by atoms with Crippen molar-refractivity contribution >= 4 is 5.91 Å². The van der Waals surface area contributed by atoms with Crippen molar-refractivity contribution in [2.45, 2.75) is 6.10 Å². The van der Waals surface area contributed by atoms with Crippen molar-refractivity contribution in [2.75, 3.05) is 40.1 Å². The number of methoxy groups -OCH3 is 1. The zero-order chi connectivity index (χ0) is 22.3. The molecule has 0 aliphatic rings. The van der Waals surface area contributed by atoms with Crippen LogP contribution in [0.2, 0.25) is 0 Å². The SMILES string of the molecule is C#CCOc1ccc(OCCNC(=O)C(COc2ccccc2)OCC#C)cc1OC. The van der Waals surface area contributed by atoms with Crippen LogP contribution in [0.3, 0.4) is 0 Å². The summed E-state index contributed by atoms with van der Waals surface area (Å²) in [5.74, 6) is 6.62. The molecule has 1 amide bonds. The van der Waals surface area contributed by atoms with Crippen molar-refractivity contribution in [3.63, 3.8) is 0 Å². The van der Waals surface area contributed by atoms with Crippen LogP contribution in [0.15, 0.2) is 48.5 Å². The van der Waals surface area contributed by atoms with Gasteiger partial charge >= 0.3 is 0 Å². The van der Waals surface area contributed by atoms with Crippen LogP contribution in [0, 0.1) is 24.7 Å². The Morgan fingerprint density at radius 1 is 0.968 bits per heavy atom. The van der Waals surface area contributed by atoms with Crippen LogP contribution in [0.5, 0.6) is 23.0 Å². The monoisotopic (exact) mass is 423 g/mol. The van der Waals surface area contributed by atoms with Gasteiger partial charge in [-0.25, -0.2) is 0 Å². The summed E-state index contributed by atoms with van der Waals surface area (Å²) in [7, 11) is 1.52. The molecule has 0 saturated heterocycles. The average Bonchev–Trinajstić information content (AvgIpc) is 2.81. The van der Waals surface area contributed by atoms with Crippen molar-refractivity contribution in [1.29, 1.82) is 0 Å². The Bertz CT molecular complexity index is 901. The molecule has 0 aliphatic heterocycles. The summed E-state index contributed by atoms with van der Waals surface area (Å²) >= 11 is 0. The van der Waals surface area contributed by atoms with E-state index >= 15 is 0 Å². The summed E-state index contributed by atoms with van der Waals surface area (Å²) in [5.41, 5.74) is 0. The number of ether oxygens (including phenoxy) is 5. The molecule has 0 aromatic heterocycles. The van der Waals surface area contributed by atoms with Gasteiger partial charge in [-0.3, -0.25) is 4.79 Å². The molecule has 0 fully saturated rings. The van der Waals surface area contributed by atoms with E-state index in [-0.39, 0.29) is 38.9 Å². The number of rotatable bonds is 13. The van der Waals surface area contributed by atoms with Gasteiger partial charge in [-0.05, 0) is 24.3 Å². The van der Waals surface area contributed by atoms with Crippen LogP contribution < -0.4 is 24.3 Å². The Kier molecular flexibility index (Phi) is 10.2. The van der Waals surface area contributed by atoms with Gasteiger partial charge in [0.2, 0.25) is 0 Å². The first kappa shape index (κ1) is 23.5. The molecule has 31 heavy (non-hydrogen) atoms. The highest BCUT2D eigenvalue weighted by atomic mass is 16.5. The lowest BCUT2D eigenvalue weighted by molar-refractivity contribution is -0.133. The lowest BCUT2D eigenvalue weighted by atomic mass is 10.3. The first-order valence-corrected chi connectivity index (χ1v) is 9.55. The molecular weight excluding hydrogens is 398 g/mol. The van der Waals surface area contributed by atoms with Crippen LogP contribution in [-0.4, -0.2) is 52.1 Å². The fraction of sp³-hybridized carbons (Fsp3) is 0.292. The fourth-order valence-electron chi connectivity index (χ4n) is 2.47. The van der Waals surface area contributed by atoms with Gasteiger partial charge in [0.1, 0.15) is 37.9 Å². The zero-order valence-corrected chi connectivity index (χ0v) is 17.3. The van der Waals surface area contributed by atoms with Gasteiger partial charge < -0.3 is 29.0 Å². The second kappa shape index (κ2) is 13.4. The highest BCUT2D eigenvalue weighted by Gasteiger charge is 2.19. The van der Waals surface area contributed by atoms with Crippen LogP contribution in [-0.2, 0) is 9.53 Å². The maximum Gasteiger partial charge on any atom is 0.252 e. The molecule has 2 rings (SSSR count). The summed E-state index contributed by atoms with van der Waals surface area (Å²) in [6.07, 6.45) is 9.59. The van der Waals surface area contributed by atoms with Crippen molar-refractivity contribution in [1.82, 2.24) is 5.32 Å². The molecule has 2 aromatic carbocycles. The van der Waals surface area contributed by atoms with E-state index in [1.807, 2.05) is 18.2 Å². The molecular formula is C24H25NO6. The third-order valence-electron chi connectivity index (χ3n) is 3.92. The first-order valence-electron chi connectivity index (χ1n) is 9.55. The molecule has 0 bridgehead atoms. The lowest BCUT2D eigenvalue weighted by Crippen LogP contribution is -2.41. The van der Waals surface area contributed by atoms with Crippen molar-refractivity contribution in [2.24, 2.45) is 0 Å². The van der Waals surface area contributed by atoms with Gasteiger partial charge in [-0.1, -0.05) is 30.0 Å². The zero-order valence-electron chi connectivity index (χ0n) is 17.3. The summed E-state index contributed by atoms with van der Waals surface area (Å²) in [4.78, 5) is 12.4. The van der Waals surface area contributed by atoms with Gasteiger partial charge in [-0.2, -0.15) is 0 Å². The molecule has 0 radical (unpaired) electrons. The highest BCUT2D eigenvalue weighted by molar-refractivity contribution is 5.81. The topological polar surface area (TPSA) is 75.3 Å². The molecule has 0 saturated carbocycles. The van der Waals surface area contributed by atoms with E-state index in [1.165, 1.54) is 7.11 Å². The number of terminal acetylenes is 2. The van der Waals surface area contributed by atoms with E-state index in [1.54, 1.807) is 30.3 Å². The molecule has 1 N–H and O–H groups in total. The minimum absolute atomic E-state index is 0.000622. The van der Waals surface area contributed by atoms with Crippen molar-refractivity contribution in [3.05, 3.63) is 48.5 Å². The maximum atomic E-state index is 12.4. The molecule has 7 nitrogen and oxygen atoms in total. The van der Waals surface area contributed by atoms with E-state index < -0.39 is 6.10 Å². The van der Waals surface area contributed by atoms with E-state index in [0.717, 1.165) is 0 Å². The third kappa shape index (κ3) is 8.22. The standard InChI is InChI=1S/C24H25NO6/c1-4-14-29-21-12-11-20(17-22(21)27-3)28-16-13-25-24(26)23(30-15-5-2)18-31-19-9-7-6-8-10-19/h1-2,6-12,17,23H,13-16,18H2,3H3,(H,25,26). The van der Waals surface area contributed by atoms with Crippen molar-refractivity contribution in [3.8, 4) is 47.7 Å². The predicted molar refractivity (Wildman–Crippen MR) is 116 cm³/mol. The van der Waals surface area contributed by atoms with Gasteiger partial charge in [-0.15, -0.1) is 12.8 Å². The van der Waals surface area contributed by atoms with Crippen molar-refractivity contribution < 1.29 is 28.5 Å². The summed E-state index contributed by atoms with van der Waals surface area (Å²) in [5, 5.41) is 2.75. The molecule has 0 aliphatic carbocycles. The quantitative estimate of drug-likeness (QED) is 0.394. The maximum absolute atomic E-state index is 12.4. The Morgan fingerprint density at radius 2 is 1.74 bits per heavy atom. The number of hydrogen-bond acceptors (Lipinski definition) is 6. The molecule has 2 aromatic rings. The summed E-state index contributed by atoms with van der Waals surface area (Å²) < 4.78 is 27.3. The third-order valence-corrected chi connectivity index (χ3v) is 3.92. The van der Waals surface area contributed by atoms with Crippen LogP contribution in [0.1, 0.15) is 0 Å². The minimum atomic E-state index is -0.844. The first-order chi connectivity index (χ1) is 15.2. The number of nitrogens with one attached hydrogen (secondary N) is 1. The molecule has 7 heteroatoms. The number of carbonyl (C=O) groups is 1. The Morgan fingerprint density at radius 3 is 2.45 bits per heavy atom. The van der Waals surface area contributed by atoms with Crippen LogP contribution in [0.25, 0.3) is 0 Å². The van der Waals surface area contributed by atoms with E-state index in [0.29, 0.717) is 23.0 Å². The Balaban J connectivity index is 1.81. The number of para-hydroxylation sites is 1. The van der Waals surface area contributed by atoms with E-state index in [4.69, 9.17) is 36.5 Å². The molecule has 0 spiro atoms. The Labute approximate surface area is 182 Å². The fourth-order valence-corrected chi connectivity index (χ4v) is 2.47. The lowest BCUT2D eigenvalue weighted by Gasteiger charge is -2.17. The highest BCUT2D eigenvalue weighted by Crippen LogP contribution is 2.31. The Hall–Kier alpha value is -3.81. The predicted octanol–water partition coefficient (Wildman–Crippen LogP) is 2.30. The van der Waals surface area contributed by atoms with Gasteiger partial charge in [0.15, 0.2) is 17.6 Å². The second-order valence-corrected chi connectivity index (χ2v) is 6.07. The average molecular weight is 423 g/mol. The van der Waals surface area contributed by atoms with Gasteiger partial charge in [0.25, 0.3) is 5.91 Å².